The summed E-state index contributed by atoms with van der Waals surface area (Å²) in [6.45, 7) is 5.62. The highest BCUT2D eigenvalue weighted by atomic mass is 19.1. The largest absolute Gasteiger partial charge is 0.481 e. The van der Waals surface area contributed by atoms with E-state index in [1.54, 1.807) is 19.1 Å². The van der Waals surface area contributed by atoms with Crippen LogP contribution < -0.4 is 10.1 Å². The van der Waals surface area contributed by atoms with Crippen molar-refractivity contribution in [1.29, 1.82) is 0 Å². The Morgan fingerprint density at radius 1 is 1.14 bits per heavy atom. The van der Waals surface area contributed by atoms with Gasteiger partial charge in [-0.3, -0.25) is 4.79 Å². The number of halogens is 1. The number of ether oxygens (including phenoxy) is 1. The van der Waals surface area contributed by atoms with Gasteiger partial charge in [0, 0.05) is 0 Å². The van der Waals surface area contributed by atoms with Crippen LogP contribution in [0.4, 0.5) is 10.1 Å². The molecule has 0 spiro atoms. The van der Waals surface area contributed by atoms with Gasteiger partial charge in [0.25, 0.3) is 5.91 Å². The van der Waals surface area contributed by atoms with Crippen LogP contribution in [0.3, 0.4) is 0 Å². The third-order valence-electron chi connectivity index (χ3n) is 3.29. The summed E-state index contributed by atoms with van der Waals surface area (Å²) in [5.74, 6) is -0.239. The van der Waals surface area contributed by atoms with Gasteiger partial charge >= 0.3 is 0 Å². The van der Waals surface area contributed by atoms with Crippen molar-refractivity contribution in [2.45, 2.75) is 26.9 Å². The molecule has 1 atom stereocenters. The summed E-state index contributed by atoms with van der Waals surface area (Å²) in [6.07, 6.45) is -0.716. The predicted octanol–water partition coefficient (Wildman–Crippen LogP) is 3.85. The Kier molecular flexibility index (Phi) is 4.58. The maximum atomic E-state index is 13.5. The van der Waals surface area contributed by atoms with Gasteiger partial charge in [0.05, 0.1) is 5.69 Å². The van der Waals surface area contributed by atoms with Crippen molar-refractivity contribution in [2.75, 3.05) is 5.32 Å². The first kappa shape index (κ1) is 15.0. The monoisotopic (exact) mass is 287 g/mol. The van der Waals surface area contributed by atoms with Gasteiger partial charge in [0.15, 0.2) is 6.10 Å². The number of benzene rings is 2. The van der Waals surface area contributed by atoms with E-state index in [9.17, 15) is 9.18 Å². The number of nitrogens with one attached hydrogen (secondary N) is 1. The van der Waals surface area contributed by atoms with Crippen LogP contribution in [-0.4, -0.2) is 12.0 Å². The second-order valence-electron chi connectivity index (χ2n) is 4.98. The van der Waals surface area contributed by atoms with E-state index in [0.717, 1.165) is 11.1 Å². The molecule has 0 aliphatic rings. The number of aryl methyl sites for hydroxylation is 2. The molecule has 2 aromatic rings. The summed E-state index contributed by atoms with van der Waals surface area (Å²) >= 11 is 0. The number of carbonyl (C=O) groups is 1. The van der Waals surface area contributed by atoms with Crippen molar-refractivity contribution in [1.82, 2.24) is 0 Å². The molecule has 0 aromatic heterocycles. The topological polar surface area (TPSA) is 38.3 Å². The van der Waals surface area contributed by atoms with Crippen LogP contribution in [0.15, 0.2) is 42.5 Å². The molecule has 1 N–H and O–H groups in total. The van der Waals surface area contributed by atoms with E-state index >= 15 is 0 Å². The third-order valence-corrected chi connectivity index (χ3v) is 3.29. The molecule has 0 aliphatic heterocycles. The molecule has 2 rings (SSSR count). The Morgan fingerprint density at radius 2 is 1.86 bits per heavy atom. The molecule has 110 valence electrons. The number of amides is 1. The van der Waals surface area contributed by atoms with Gasteiger partial charge in [0.1, 0.15) is 11.6 Å². The third kappa shape index (κ3) is 3.81. The fourth-order valence-corrected chi connectivity index (χ4v) is 1.84. The minimum absolute atomic E-state index is 0.151. The number of anilines is 1. The summed E-state index contributed by atoms with van der Waals surface area (Å²) in [5.41, 5.74) is 2.40. The average Bonchev–Trinajstić information content (AvgIpc) is 2.45. The predicted molar refractivity (Wildman–Crippen MR) is 81.0 cm³/mol. The van der Waals surface area contributed by atoms with Crippen molar-refractivity contribution in [3.8, 4) is 5.75 Å². The lowest BCUT2D eigenvalue weighted by Gasteiger charge is -2.15. The molecule has 0 heterocycles. The van der Waals surface area contributed by atoms with E-state index in [-0.39, 0.29) is 5.69 Å². The van der Waals surface area contributed by atoms with E-state index in [4.69, 9.17) is 4.74 Å². The van der Waals surface area contributed by atoms with Crippen LogP contribution in [0.25, 0.3) is 0 Å². The Hall–Kier alpha value is -2.36. The van der Waals surface area contributed by atoms with E-state index in [1.165, 1.54) is 12.1 Å². The second-order valence-corrected chi connectivity index (χ2v) is 4.98. The lowest BCUT2D eigenvalue weighted by atomic mass is 10.1. The lowest BCUT2D eigenvalue weighted by Crippen LogP contribution is -2.30. The normalized spacial score (nSPS) is 11.8. The number of hydrogen-bond acceptors (Lipinski definition) is 2. The minimum Gasteiger partial charge on any atom is -0.481 e. The molecule has 4 heteroatoms. The molecule has 0 aliphatic carbocycles. The van der Waals surface area contributed by atoms with Crippen molar-refractivity contribution in [3.05, 3.63) is 59.4 Å². The number of hydrogen-bond donors (Lipinski definition) is 1. The van der Waals surface area contributed by atoms with Crippen molar-refractivity contribution >= 4 is 11.6 Å². The van der Waals surface area contributed by atoms with Crippen molar-refractivity contribution in [2.24, 2.45) is 0 Å². The Morgan fingerprint density at radius 3 is 2.52 bits per heavy atom. The maximum absolute atomic E-state index is 13.5. The summed E-state index contributed by atoms with van der Waals surface area (Å²) < 4.78 is 19.1. The van der Waals surface area contributed by atoms with E-state index in [0.29, 0.717) is 5.75 Å². The summed E-state index contributed by atoms with van der Waals surface area (Å²) in [4.78, 5) is 12.0. The number of para-hydroxylation sites is 1. The molecule has 21 heavy (non-hydrogen) atoms. The first-order valence-corrected chi connectivity index (χ1v) is 6.76. The molecule has 1 amide bonds. The molecular formula is C17H18FNO2. The number of rotatable bonds is 4. The van der Waals surface area contributed by atoms with Crippen LogP contribution >= 0.6 is 0 Å². The van der Waals surface area contributed by atoms with Crippen LogP contribution in [0.2, 0.25) is 0 Å². The molecule has 0 unspecified atom stereocenters. The molecule has 0 radical (unpaired) electrons. The zero-order valence-corrected chi connectivity index (χ0v) is 12.3. The molecular weight excluding hydrogens is 269 g/mol. The van der Waals surface area contributed by atoms with Crippen LogP contribution in [0.1, 0.15) is 18.1 Å². The van der Waals surface area contributed by atoms with Crippen molar-refractivity contribution < 1.29 is 13.9 Å². The Balaban J connectivity index is 2.02. The maximum Gasteiger partial charge on any atom is 0.265 e. The van der Waals surface area contributed by atoms with E-state index in [2.05, 4.69) is 5.32 Å². The summed E-state index contributed by atoms with van der Waals surface area (Å²) in [6, 6.07) is 11.7. The lowest BCUT2D eigenvalue weighted by molar-refractivity contribution is -0.122. The van der Waals surface area contributed by atoms with Gasteiger partial charge < -0.3 is 10.1 Å². The van der Waals surface area contributed by atoms with Gasteiger partial charge in [0.2, 0.25) is 0 Å². The van der Waals surface area contributed by atoms with Crippen molar-refractivity contribution in [3.63, 3.8) is 0 Å². The molecule has 0 saturated heterocycles. The van der Waals surface area contributed by atoms with Crippen LogP contribution in [0, 0.1) is 19.7 Å². The van der Waals surface area contributed by atoms with Gasteiger partial charge in [-0.25, -0.2) is 4.39 Å². The Bertz CT molecular complexity index is 655. The van der Waals surface area contributed by atoms with Crippen LogP contribution in [-0.2, 0) is 4.79 Å². The standard InChI is InChI=1S/C17H18FNO2/c1-11-8-9-14(10-12(11)2)21-13(3)17(20)19-16-7-5-4-6-15(16)18/h4-10,13H,1-3H3,(H,19,20)/t13-/m0/s1. The molecule has 0 bridgehead atoms. The molecule has 0 fully saturated rings. The van der Waals surface area contributed by atoms with Gasteiger partial charge in [-0.05, 0) is 56.2 Å². The highest BCUT2D eigenvalue weighted by Gasteiger charge is 2.16. The molecule has 3 nitrogen and oxygen atoms in total. The first-order valence-electron chi connectivity index (χ1n) is 6.76. The SMILES string of the molecule is Cc1ccc(O[C@@H](C)C(=O)Nc2ccccc2F)cc1C. The highest BCUT2D eigenvalue weighted by Crippen LogP contribution is 2.18. The zero-order chi connectivity index (χ0) is 15.4. The van der Waals surface area contributed by atoms with Gasteiger partial charge in [-0.15, -0.1) is 0 Å². The highest BCUT2D eigenvalue weighted by molar-refractivity contribution is 5.94. The fraction of sp³-hybridized carbons (Fsp3) is 0.235. The first-order chi connectivity index (χ1) is 9.97. The van der Waals surface area contributed by atoms with Gasteiger partial charge in [-0.1, -0.05) is 18.2 Å². The van der Waals surface area contributed by atoms with Crippen LogP contribution in [0.5, 0.6) is 5.75 Å². The summed E-state index contributed by atoms with van der Waals surface area (Å²) in [5, 5.41) is 2.52. The zero-order valence-electron chi connectivity index (χ0n) is 12.3. The minimum atomic E-state index is -0.716. The molecule has 2 aromatic carbocycles. The smallest absolute Gasteiger partial charge is 0.265 e. The second kappa shape index (κ2) is 6.39. The molecule has 0 saturated carbocycles. The van der Waals surface area contributed by atoms with Gasteiger partial charge in [-0.2, -0.15) is 0 Å². The average molecular weight is 287 g/mol. The Labute approximate surface area is 123 Å². The summed E-state index contributed by atoms with van der Waals surface area (Å²) in [7, 11) is 0. The fourth-order valence-electron chi connectivity index (χ4n) is 1.84. The quantitative estimate of drug-likeness (QED) is 0.927. The number of carbonyl (C=O) groups excluding carboxylic acids is 1. The van der Waals surface area contributed by atoms with E-state index in [1.807, 2.05) is 32.0 Å². The van der Waals surface area contributed by atoms with E-state index < -0.39 is 17.8 Å².